The number of benzene rings is 1. The molecule has 0 radical (unpaired) electrons. The fourth-order valence-corrected chi connectivity index (χ4v) is 1.33. The second-order valence-corrected chi connectivity index (χ2v) is 3.66. The predicted molar refractivity (Wildman–Crippen MR) is 68.2 cm³/mol. The highest BCUT2D eigenvalue weighted by Gasteiger charge is 2.02. The van der Waals surface area contributed by atoms with Crippen molar-refractivity contribution in [3.63, 3.8) is 0 Å². The van der Waals surface area contributed by atoms with Gasteiger partial charge in [0.05, 0.1) is 5.71 Å². The molecule has 0 heterocycles. The number of rotatable bonds is 4. The Morgan fingerprint density at radius 1 is 1.40 bits per heavy atom. The molecule has 0 fully saturated rings. The fraction of sp³-hybridized carbons (Fsp3) is 0.200. The van der Waals surface area contributed by atoms with E-state index in [0.717, 1.165) is 11.3 Å². The van der Waals surface area contributed by atoms with Gasteiger partial charge in [-0.2, -0.15) is 5.10 Å². The maximum absolute atomic E-state index is 5.69. The monoisotopic (exact) mass is 241 g/mol. The summed E-state index contributed by atoms with van der Waals surface area (Å²) in [5.74, 6) is 0.507. The Morgan fingerprint density at radius 3 is 2.60 bits per heavy atom. The van der Waals surface area contributed by atoms with Gasteiger partial charge in [0, 0.05) is 12.3 Å². The molecule has 0 aliphatic heterocycles. The van der Waals surface area contributed by atoms with E-state index in [-0.39, 0.29) is 5.11 Å². The number of thiocarbonyl (C=S) groups is 1. The quantitative estimate of drug-likeness (QED) is 0.366. The molecule has 0 aliphatic rings. The lowest BCUT2D eigenvalue weighted by molar-refractivity contribution is 1.01. The van der Waals surface area contributed by atoms with Crippen molar-refractivity contribution in [1.29, 1.82) is 0 Å². The molecule has 5 heteroatoms. The molecule has 80 valence electrons. The zero-order valence-electron chi connectivity index (χ0n) is 8.11. The Kier molecular flexibility index (Phi) is 5.07. The normalized spacial score (nSPS) is 11.1. The number of nitrogens with one attached hydrogen (secondary N) is 1. The predicted octanol–water partition coefficient (Wildman–Crippen LogP) is 1.85. The molecule has 3 nitrogen and oxygen atoms in total. The van der Waals surface area contributed by atoms with E-state index in [4.69, 9.17) is 17.3 Å². The van der Waals surface area contributed by atoms with Crippen LogP contribution in [0.4, 0.5) is 0 Å². The number of nitrogens with two attached hydrogens (primary N) is 1. The van der Waals surface area contributed by atoms with Gasteiger partial charge in [-0.1, -0.05) is 30.3 Å². The van der Waals surface area contributed by atoms with Crippen LogP contribution in [0.3, 0.4) is 0 Å². The van der Waals surface area contributed by atoms with Gasteiger partial charge in [0.2, 0.25) is 0 Å². The van der Waals surface area contributed by atoms with E-state index in [2.05, 4.69) is 22.7 Å². The Bertz CT molecular complexity index is 351. The molecule has 0 aromatic heterocycles. The molecule has 1 aromatic rings. The third-order valence-corrected chi connectivity index (χ3v) is 2.02. The zero-order valence-corrected chi connectivity index (χ0v) is 9.68. The number of alkyl halides is 1. The van der Waals surface area contributed by atoms with Crippen molar-refractivity contribution in [3.8, 4) is 0 Å². The Balaban J connectivity index is 2.83. The second-order valence-electron chi connectivity index (χ2n) is 2.84. The Labute approximate surface area is 99.3 Å². The molecule has 0 bridgehead atoms. The van der Waals surface area contributed by atoms with Crippen molar-refractivity contribution in [2.45, 2.75) is 6.42 Å². The number of hydrazone groups is 1. The van der Waals surface area contributed by atoms with Crippen LogP contribution in [0.25, 0.3) is 0 Å². The summed E-state index contributed by atoms with van der Waals surface area (Å²) >= 11 is 10.4. The Morgan fingerprint density at radius 2 is 2.07 bits per heavy atom. The first-order valence-electron chi connectivity index (χ1n) is 4.47. The molecule has 15 heavy (non-hydrogen) atoms. The smallest absolute Gasteiger partial charge is 0.184 e. The molecular weight excluding hydrogens is 230 g/mol. The van der Waals surface area contributed by atoms with E-state index in [0.29, 0.717) is 12.3 Å². The van der Waals surface area contributed by atoms with E-state index in [1.54, 1.807) is 0 Å². The van der Waals surface area contributed by atoms with E-state index in [9.17, 15) is 0 Å². The van der Waals surface area contributed by atoms with Gasteiger partial charge in [-0.05, 0) is 17.8 Å². The minimum Gasteiger partial charge on any atom is -0.375 e. The molecule has 0 saturated carbocycles. The summed E-state index contributed by atoms with van der Waals surface area (Å²) < 4.78 is 0. The topological polar surface area (TPSA) is 50.4 Å². The highest BCUT2D eigenvalue weighted by Crippen LogP contribution is 2.04. The lowest BCUT2D eigenvalue weighted by Gasteiger charge is -2.05. The van der Waals surface area contributed by atoms with Gasteiger partial charge in [0.15, 0.2) is 5.11 Å². The first-order chi connectivity index (χ1) is 7.24. The zero-order chi connectivity index (χ0) is 11.1. The summed E-state index contributed by atoms with van der Waals surface area (Å²) in [6.45, 7) is 0. The molecule has 1 aromatic carbocycles. The van der Waals surface area contributed by atoms with Crippen molar-refractivity contribution in [1.82, 2.24) is 5.43 Å². The summed E-state index contributed by atoms with van der Waals surface area (Å²) in [5.41, 5.74) is 9.72. The van der Waals surface area contributed by atoms with Crippen LogP contribution in [-0.2, 0) is 0 Å². The van der Waals surface area contributed by atoms with Crippen molar-refractivity contribution in [2.24, 2.45) is 10.8 Å². The van der Waals surface area contributed by atoms with E-state index in [1.165, 1.54) is 0 Å². The van der Waals surface area contributed by atoms with Crippen LogP contribution >= 0.6 is 23.8 Å². The van der Waals surface area contributed by atoms with Crippen LogP contribution < -0.4 is 11.2 Å². The number of nitrogens with zero attached hydrogens (tertiary/aromatic N) is 1. The minimum absolute atomic E-state index is 0.151. The molecule has 0 spiro atoms. The average Bonchev–Trinajstić information content (AvgIpc) is 2.25. The fourth-order valence-electron chi connectivity index (χ4n) is 1.11. The summed E-state index contributed by atoms with van der Waals surface area (Å²) in [4.78, 5) is 0. The van der Waals surface area contributed by atoms with Crippen molar-refractivity contribution in [2.75, 3.05) is 5.88 Å². The molecule has 1 rings (SSSR count). The molecule has 0 unspecified atom stereocenters. The molecule has 0 saturated heterocycles. The van der Waals surface area contributed by atoms with Crippen LogP contribution in [0.2, 0.25) is 0 Å². The van der Waals surface area contributed by atoms with Crippen molar-refractivity contribution >= 4 is 34.6 Å². The Hall–Kier alpha value is -1.13. The largest absolute Gasteiger partial charge is 0.375 e. The molecule has 0 aliphatic carbocycles. The summed E-state index contributed by atoms with van der Waals surface area (Å²) in [5, 5.41) is 4.25. The highest BCUT2D eigenvalue weighted by atomic mass is 35.5. The SMILES string of the molecule is NC(=S)NN=C(CCCl)c1ccccc1. The maximum Gasteiger partial charge on any atom is 0.184 e. The van der Waals surface area contributed by atoms with Crippen LogP contribution in [0, 0.1) is 0 Å². The summed E-state index contributed by atoms with van der Waals surface area (Å²) in [6, 6.07) is 9.77. The number of halogens is 1. The maximum atomic E-state index is 5.69. The van der Waals surface area contributed by atoms with Gasteiger partial charge in [-0.15, -0.1) is 11.6 Å². The average molecular weight is 242 g/mol. The van der Waals surface area contributed by atoms with Crippen LogP contribution in [0.1, 0.15) is 12.0 Å². The molecule has 3 N–H and O–H groups in total. The lowest BCUT2D eigenvalue weighted by Crippen LogP contribution is -2.25. The van der Waals surface area contributed by atoms with E-state index < -0.39 is 0 Å². The van der Waals surface area contributed by atoms with E-state index in [1.807, 2.05) is 30.3 Å². The molecular formula is C10H12ClN3S. The van der Waals surface area contributed by atoms with Gasteiger partial charge in [0.1, 0.15) is 0 Å². The van der Waals surface area contributed by atoms with Gasteiger partial charge in [0.25, 0.3) is 0 Å². The standard InChI is InChI=1S/C10H12ClN3S/c11-7-6-9(13-14-10(12)15)8-4-2-1-3-5-8/h1-5H,6-7H2,(H3,12,14,15). The summed E-state index contributed by atoms with van der Waals surface area (Å²) in [7, 11) is 0. The van der Waals surface area contributed by atoms with Crippen LogP contribution in [-0.4, -0.2) is 16.7 Å². The summed E-state index contributed by atoms with van der Waals surface area (Å²) in [6.07, 6.45) is 0.668. The highest BCUT2D eigenvalue weighted by molar-refractivity contribution is 7.80. The minimum atomic E-state index is 0.151. The van der Waals surface area contributed by atoms with Crippen molar-refractivity contribution < 1.29 is 0 Å². The van der Waals surface area contributed by atoms with Crippen LogP contribution in [0.5, 0.6) is 0 Å². The van der Waals surface area contributed by atoms with Gasteiger partial charge >= 0.3 is 0 Å². The molecule has 0 atom stereocenters. The van der Waals surface area contributed by atoms with Gasteiger partial charge in [-0.3, -0.25) is 5.43 Å². The molecule has 0 amide bonds. The van der Waals surface area contributed by atoms with Crippen LogP contribution in [0.15, 0.2) is 35.4 Å². The number of hydrogen-bond acceptors (Lipinski definition) is 2. The first-order valence-corrected chi connectivity index (χ1v) is 5.41. The van der Waals surface area contributed by atoms with Crippen molar-refractivity contribution in [3.05, 3.63) is 35.9 Å². The third-order valence-electron chi connectivity index (χ3n) is 1.74. The van der Waals surface area contributed by atoms with E-state index >= 15 is 0 Å². The third kappa shape index (κ3) is 4.27. The lowest BCUT2D eigenvalue weighted by atomic mass is 10.1. The van der Waals surface area contributed by atoms with Gasteiger partial charge in [-0.25, -0.2) is 0 Å². The van der Waals surface area contributed by atoms with Gasteiger partial charge < -0.3 is 5.73 Å². The second kappa shape index (κ2) is 6.37. The first kappa shape index (κ1) is 11.9. The number of hydrogen-bond donors (Lipinski definition) is 2.